The first-order valence-corrected chi connectivity index (χ1v) is 15.1. The van der Waals surface area contributed by atoms with Crippen molar-refractivity contribution in [3.05, 3.63) is 107 Å². The fourth-order valence-electron chi connectivity index (χ4n) is 3.96. The van der Waals surface area contributed by atoms with Gasteiger partial charge in [0.15, 0.2) is 0 Å². The minimum absolute atomic E-state index is 0.128. The zero-order valence-corrected chi connectivity index (χ0v) is 25.8. The molecule has 6 nitrogen and oxygen atoms in total. The van der Waals surface area contributed by atoms with Crippen LogP contribution in [0, 0.1) is 37.5 Å². The Morgan fingerprint density at radius 3 is 1.74 bits per heavy atom. The van der Waals surface area contributed by atoms with Crippen LogP contribution in [0.25, 0.3) is 0 Å². The predicted molar refractivity (Wildman–Crippen MR) is 167 cm³/mol. The Labute approximate surface area is 253 Å². The minimum atomic E-state index is -3.78. The van der Waals surface area contributed by atoms with E-state index in [1.54, 1.807) is 64.1 Å². The van der Waals surface area contributed by atoms with E-state index in [-0.39, 0.29) is 9.79 Å². The average molecular weight is 595 g/mol. The van der Waals surface area contributed by atoms with E-state index >= 15 is 0 Å². The van der Waals surface area contributed by atoms with Crippen molar-refractivity contribution in [1.82, 2.24) is 0 Å². The van der Waals surface area contributed by atoms with Gasteiger partial charge in [-0.3, -0.25) is 0 Å². The summed E-state index contributed by atoms with van der Waals surface area (Å²) in [6.45, 7) is 10.3. The number of aryl methyl sites for hydroxylation is 1. The van der Waals surface area contributed by atoms with Gasteiger partial charge in [-0.25, -0.2) is 8.42 Å². The standard InChI is InChI=1S/C36H34O6S/c1-25-22-27(18-20-35(3,4)37)24-31(23-25)41-29-10-14-32(15-11-29)43(39,40)33-16-12-30(13-17-33)42-34-9-7-8-28(26(34)2)19-21-36(5,6)38/h7-17,22-24,37-38H,1-6H3. The van der Waals surface area contributed by atoms with Crippen LogP contribution in [0.2, 0.25) is 0 Å². The molecule has 0 saturated carbocycles. The van der Waals surface area contributed by atoms with Crippen molar-refractivity contribution in [3.63, 3.8) is 0 Å². The van der Waals surface area contributed by atoms with E-state index in [0.717, 1.165) is 16.7 Å². The van der Waals surface area contributed by atoms with E-state index in [9.17, 15) is 18.6 Å². The molecule has 7 heteroatoms. The molecule has 2 N–H and O–H groups in total. The normalized spacial score (nSPS) is 11.5. The highest BCUT2D eigenvalue weighted by molar-refractivity contribution is 7.91. The van der Waals surface area contributed by atoms with Crippen molar-refractivity contribution in [2.75, 3.05) is 0 Å². The highest BCUT2D eigenvalue weighted by Gasteiger charge is 2.18. The molecule has 0 atom stereocenters. The molecule has 4 aromatic rings. The predicted octanol–water partition coefficient (Wildman–Crippen LogP) is 6.97. The molecule has 4 aromatic carbocycles. The van der Waals surface area contributed by atoms with Gasteiger partial charge in [0.2, 0.25) is 9.84 Å². The number of hydrogen-bond acceptors (Lipinski definition) is 6. The molecular weight excluding hydrogens is 560 g/mol. The van der Waals surface area contributed by atoms with Gasteiger partial charge in [-0.2, -0.15) is 0 Å². The van der Waals surface area contributed by atoms with Crippen LogP contribution >= 0.6 is 0 Å². The lowest BCUT2D eigenvalue weighted by Crippen LogP contribution is -2.14. The third-order valence-electron chi connectivity index (χ3n) is 6.08. The van der Waals surface area contributed by atoms with Crippen molar-refractivity contribution in [2.45, 2.75) is 62.5 Å². The number of ether oxygens (including phenoxy) is 2. The van der Waals surface area contributed by atoms with Crippen LogP contribution in [0.5, 0.6) is 23.0 Å². The summed E-state index contributed by atoms with van der Waals surface area (Å²) in [7, 11) is -3.78. The first kappa shape index (κ1) is 31.4. The first-order valence-electron chi connectivity index (χ1n) is 13.6. The second kappa shape index (κ2) is 12.4. The van der Waals surface area contributed by atoms with Crippen LogP contribution < -0.4 is 9.47 Å². The number of hydrogen-bond donors (Lipinski definition) is 2. The maximum Gasteiger partial charge on any atom is 0.206 e. The topological polar surface area (TPSA) is 93.1 Å². The van der Waals surface area contributed by atoms with Crippen LogP contribution in [0.3, 0.4) is 0 Å². The van der Waals surface area contributed by atoms with Crippen LogP contribution in [0.15, 0.2) is 94.7 Å². The van der Waals surface area contributed by atoms with Crippen molar-refractivity contribution in [3.8, 4) is 46.7 Å². The summed E-state index contributed by atoms with van der Waals surface area (Å²) in [6.07, 6.45) is 0. The van der Waals surface area contributed by atoms with Crippen molar-refractivity contribution >= 4 is 9.84 Å². The summed E-state index contributed by atoms with van der Waals surface area (Å²) >= 11 is 0. The maximum atomic E-state index is 13.3. The summed E-state index contributed by atoms with van der Waals surface area (Å²) in [5, 5.41) is 19.8. The smallest absolute Gasteiger partial charge is 0.206 e. The zero-order chi connectivity index (χ0) is 31.4. The number of benzene rings is 4. The summed E-state index contributed by atoms with van der Waals surface area (Å²) in [6, 6.07) is 23.4. The Hall–Kier alpha value is -4.53. The van der Waals surface area contributed by atoms with Gasteiger partial charge in [-0.15, -0.1) is 0 Å². The van der Waals surface area contributed by atoms with Crippen LogP contribution in [-0.2, 0) is 9.84 Å². The van der Waals surface area contributed by atoms with Gasteiger partial charge in [-0.1, -0.05) is 29.7 Å². The van der Waals surface area contributed by atoms with Crippen LogP contribution in [0.4, 0.5) is 0 Å². The highest BCUT2D eigenvalue weighted by Crippen LogP contribution is 2.30. The summed E-state index contributed by atoms with van der Waals surface area (Å²) in [5.41, 5.74) is 0.948. The van der Waals surface area contributed by atoms with Crippen molar-refractivity contribution < 1.29 is 28.1 Å². The molecule has 0 fully saturated rings. The van der Waals surface area contributed by atoms with Crippen LogP contribution in [0.1, 0.15) is 49.9 Å². The average Bonchev–Trinajstić information content (AvgIpc) is 2.92. The molecule has 0 aliphatic carbocycles. The van der Waals surface area contributed by atoms with Gasteiger partial charge in [-0.05, 0) is 126 Å². The van der Waals surface area contributed by atoms with Gasteiger partial charge in [0, 0.05) is 16.7 Å². The van der Waals surface area contributed by atoms with Crippen molar-refractivity contribution in [2.24, 2.45) is 0 Å². The second-order valence-corrected chi connectivity index (χ2v) is 13.2. The molecule has 0 radical (unpaired) electrons. The fourth-order valence-corrected chi connectivity index (χ4v) is 5.22. The summed E-state index contributed by atoms with van der Waals surface area (Å²) < 4.78 is 38.6. The van der Waals surface area contributed by atoms with E-state index in [1.807, 2.05) is 38.1 Å². The Balaban J connectivity index is 1.48. The molecule has 0 amide bonds. The van der Waals surface area contributed by atoms with E-state index in [2.05, 4.69) is 23.7 Å². The molecule has 0 spiro atoms. The number of rotatable bonds is 6. The molecule has 0 aromatic heterocycles. The van der Waals surface area contributed by atoms with Gasteiger partial charge < -0.3 is 19.7 Å². The lowest BCUT2D eigenvalue weighted by Gasteiger charge is -2.12. The summed E-state index contributed by atoms with van der Waals surface area (Å²) in [5.74, 6) is 13.6. The number of sulfone groups is 1. The van der Waals surface area contributed by atoms with Gasteiger partial charge in [0.1, 0.15) is 34.2 Å². The Morgan fingerprint density at radius 1 is 0.651 bits per heavy atom. The SMILES string of the molecule is Cc1cc(C#CC(C)(C)O)cc(Oc2ccc(S(=O)(=O)c3ccc(Oc4cccc(C#CC(C)(C)O)c4C)cc3)cc2)c1. The molecule has 0 saturated heterocycles. The minimum Gasteiger partial charge on any atom is -0.457 e. The largest absolute Gasteiger partial charge is 0.457 e. The summed E-state index contributed by atoms with van der Waals surface area (Å²) in [4.78, 5) is 0.257. The molecule has 4 rings (SSSR count). The molecule has 220 valence electrons. The molecule has 0 aliphatic rings. The molecular formula is C36H34O6S. The first-order chi connectivity index (χ1) is 20.1. The molecule has 0 heterocycles. The zero-order valence-electron chi connectivity index (χ0n) is 25.0. The van der Waals surface area contributed by atoms with E-state index < -0.39 is 21.0 Å². The van der Waals surface area contributed by atoms with E-state index in [0.29, 0.717) is 28.6 Å². The molecule has 0 bridgehead atoms. The fraction of sp³-hybridized carbons (Fsp3) is 0.222. The molecule has 0 aliphatic heterocycles. The van der Waals surface area contributed by atoms with Crippen molar-refractivity contribution in [1.29, 1.82) is 0 Å². The lowest BCUT2D eigenvalue weighted by atomic mass is 10.1. The molecule has 0 unspecified atom stereocenters. The second-order valence-electron chi connectivity index (χ2n) is 11.2. The Kier molecular flexibility index (Phi) is 9.04. The molecule has 43 heavy (non-hydrogen) atoms. The highest BCUT2D eigenvalue weighted by atomic mass is 32.2. The lowest BCUT2D eigenvalue weighted by molar-refractivity contribution is 0.143. The van der Waals surface area contributed by atoms with E-state index in [4.69, 9.17) is 9.47 Å². The third-order valence-corrected chi connectivity index (χ3v) is 7.87. The Morgan fingerprint density at radius 2 is 1.19 bits per heavy atom. The van der Waals surface area contributed by atoms with Gasteiger partial charge in [0.25, 0.3) is 0 Å². The van der Waals surface area contributed by atoms with E-state index in [1.165, 1.54) is 24.3 Å². The monoisotopic (exact) mass is 594 g/mol. The maximum absolute atomic E-state index is 13.3. The third kappa shape index (κ3) is 8.73. The number of aliphatic hydroxyl groups is 2. The quantitative estimate of drug-likeness (QED) is 0.234. The van der Waals surface area contributed by atoms with Gasteiger partial charge in [0.05, 0.1) is 9.79 Å². The van der Waals surface area contributed by atoms with Crippen LogP contribution in [-0.4, -0.2) is 29.8 Å². The van der Waals surface area contributed by atoms with Gasteiger partial charge >= 0.3 is 0 Å². The Bertz CT molecular complexity index is 1850.